The van der Waals surface area contributed by atoms with Crippen LogP contribution in [0.25, 0.3) is 6.08 Å². The zero-order valence-electron chi connectivity index (χ0n) is 15.3. The molecule has 0 radical (unpaired) electrons. The Morgan fingerprint density at radius 3 is 2.59 bits per heavy atom. The molecule has 0 atom stereocenters. The van der Waals surface area contributed by atoms with Crippen LogP contribution in [0.1, 0.15) is 30.5 Å². The summed E-state index contributed by atoms with van der Waals surface area (Å²) >= 11 is 0. The van der Waals surface area contributed by atoms with Gasteiger partial charge in [-0.15, -0.1) is 0 Å². The number of aromatic nitrogens is 2. The first kappa shape index (κ1) is 18.7. The number of ether oxygens (including phenoxy) is 1. The number of benzene rings is 1. The Morgan fingerprint density at radius 1 is 1.19 bits per heavy atom. The molecule has 1 aliphatic heterocycles. The number of fused-ring (bicyclic) bond motifs is 1. The van der Waals surface area contributed by atoms with Crippen LogP contribution < -0.4 is 22.3 Å². The number of hydrogen-bond acceptors (Lipinski definition) is 5. The topological polar surface area (TPSA) is 108 Å². The molecule has 1 amide bonds. The zero-order chi connectivity index (χ0) is 19.6. The molecule has 0 bridgehead atoms. The Balaban J connectivity index is 1.86. The predicted molar refractivity (Wildman–Crippen MR) is 103 cm³/mol. The fourth-order valence-electron chi connectivity index (χ4n) is 3.05. The first-order chi connectivity index (χ1) is 13.0. The highest BCUT2D eigenvalue weighted by atomic mass is 16.5. The summed E-state index contributed by atoms with van der Waals surface area (Å²) in [6.45, 7) is 5.08. The van der Waals surface area contributed by atoms with Gasteiger partial charge in [0.2, 0.25) is 5.91 Å². The van der Waals surface area contributed by atoms with Crippen molar-refractivity contribution in [3.63, 3.8) is 0 Å². The molecule has 2 heterocycles. The third-order valence-electron chi connectivity index (χ3n) is 4.52. The Morgan fingerprint density at radius 2 is 1.89 bits per heavy atom. The van der Waals surface area contributed by atoms with Crippen LogP contribution in [0.4, 0.5) is 11.5 Å². The van der Waals surface area contributed by atoms with E-state index in [2.05, 4.69) is 5.32 Å². The van der Waals surface area contributed by atoms with E-state index in [-0.39, 0.29) is 18.1 Å². The van der Waals surface area contributed by atoms with E-state index in [1.807, 2.05) is 18.2 Å². The molecule has 0 spiro atoms. The van der Waals surface area contributed by atoms with Gasteiger partial charge in [-0.2, -0.15) is 0 Å². The molecule has 1 aliphatic rings. The fraction of sp³-hybridized carbons (Fsp3) is 0.316. The minimum absolute atomic E-state index is 0.0476. The number of nitrogens with zero attached hydrogens (tertiary/aromatic N) is 2. The van der Waals surface area contributed by atoms with Crippen molar-refractivity contribution in [3.05, 3.63) is 61.8 Å². The van der Waals surface area contributed by atoms with Gasteiger partial charge in [-0.05, 0) is 42.7 Å². The number of nitrogens with two attached hydrogens (primary N) is 1. The summed E-state index contributed by atoms with van der Waals surface area (Å²) in [5, 5.41) is 2.51. The summed E-state index contributed by atoms with van der Waals surface area (Å²) < 4.78 is 7.67. The lowest BCUT2D eigenvalue weighted by Crippen LogP contribution is -2.42. The fourth-order valence-corrected chi connectivity index (χ4v) is 3.05. The molecule has 0 saturated heterocycles. The third kappa shape index (κ3) is 3.56. The van der Waals surface area contributed by atoms with Crippen LogP contribution in [-0.2, 0) is 35.8 Å². The van der Waals surface area contributed by atoms with Crippen LogP contribution in [0, 0.1) is 0 Å². The Kier molecular flexibility index (Phi) is 5.27. The number of carbonyl (C=O) groups is 1. The lowest BCUT2D eigenvalue weighted by atomic mass is 10.1. The molecule has 1 aromatic heterocycles. The van der Waals surface area contributed by atoms with Crippen molar-refractivity contribution < 1.29 is 9.53 Å². The van der Waals surface area contributed by atoms with Gasteiger partial charge in [0.1, 0.15) is 11.5 Å². The average Bonchev–Trinajstić information content (AvgIpc) is 3.12. The molecule has 0 unspecified atom stereocenters. The molecule has 0 aliphatic carbocycles. The number of nitrogens with one attached hydrogen (secondary N) is 1. The lowest BCUT2D eigenvalue weighted by molar-refractivity contribution is -0.111. The maximum atomic E-state index is 12.5. The summed E-state index contributed by atoms with van der Waals surface area (Å²) in [6, 6.07) is 5.82. The van der Waals surface area contributed by atoms with E-state index in [0.717, 1.165) is 21.3 Å². The van der Waals surface area contributed by atoms with E-state index in [4.69, 9.17) is 10.5 Å². The van der Waals surface area contributed by atoms with Crippen molar-refractivity contribution in [1.82, 2.24) is 9.13 Å². The first-order valence-corrected chi connectivity index (χ1v) is 8.78. The van der Waals surface area contributed by atoms with Crippen molar-refractivity contribution >= 4 is 23.5 Å². The van der Waals surface area contributed by atoms with E-state index >= 15 is 0 Å². The van der Waals surface area contributed by atoms with Crippen molar-refractivity contribution in [3.8, 4) is 0 Å². The van der Waals surface area contributed by atoms with Gasteiger partial charge in [0.25, 0.3) is 5.56 Å². The Bertz CT molecular complexity index is 1030. The molecule has 0 fully saturated rings. The van der Waals surface area contributed by atoms with Crippen LogP contribution in [-0.4, -0.2) is 15.0 Å². The van der Waals surface area contributed by atoms with Crippen molar-refractivity contribution in [2.45, 2.75) is 40.2 Å². The molecule has 3 rings (SSSR count). The molecule has 142 valence electrons. The standard InChI is InChI=1S/C19H22N4O4/c1-3-22-17(20)16(18(25)23(4-2)19(22)26)21-15(24)8-6-12-5-7-13-10-27-11-14(13)9-12/h5-9H,3-4,10-11,20H2,1-2H3,(H,21,24)/b8-6+. The first-order valence-electron chi connectivity index (χ1n) is 8.78. The molecule has 8 nitrogen and oxygen atoms in total. The van der Waals surface area contributed by atoms with Crippen LogP contribution in [0.3, 0.4) is 0 Å². The van der Waals surface area contributed by atoms with Crippen molar-refractivity contribution in [2.24, 2.45) is 0 Å². The van der Waals surface area contributed by atoms with Gasteiger partial charge in [-0.25, -0.2) is 4.79 Å². The Labute approximate surface area is 155 Å². The molecule has 8 heteroatoms. The van der Waals surface area contributed by atoms with E-state index in [1.165, 1.54) is 10.6 Å². The minimum Gasteiger partial charge on any atom is -0.383 e. The lowest BCUT2D eigenvalue weighted by Gasteiger charge is -2.14. The number of hydrogen-bond donors (Lipinski definition) is 2. The van der Waals surface area contributed by atoms with Crippen LogP contribution >= 0.6 is 0 Å². The zero-order valence-corrected chi connectivity index (χ0v) is 15.3. The monoisotopic (exact) mass is 370 g/mol. The van der Waals surface area contributed by atoms with Crippen molar-refractivity contribution in [2.75, 3.05) is 11.1 Å². The second-order valence-corrected chi connectivity index (χ2v) is 6.18. The Hall–Kier alpha value is -3.13. The SMILES string of the molecule is CCn1c(N)c(NC(=O)/C=C/c2ccc3c(c2)COC3)c(=O)n(CC)c1=O. The summed E-state index contributed by atoms with van der Waals surface area (Å²) in [4.78, 5) is 37.0. The predicted octanol–water partition coefficient (Wildman–Crippen LogP) is 1.31. The summed E-state index contributed by atoms with van der Waals surface area (Å²) in [5.41, 5.74) is 7.84. The van der Waals surface area contributed by atoms with E-state index in [0.29, 0.717) is 19.8 Å². The van der Waals surface area contributed by atoms with Gasteiger partial charge in [0.15, 0.2) is 0 Å². The van der Waals surface area contributed by atoms with Gasteiger partial charge in [0, 0.05) is 19.2 Å². The number of nitrogen functional groups attached to an aromatic ring is 1. The molecular formula is C19H22N4O4. The summed E-state index contributed by atoms with van der Waals surface area (Å²) in [6.07, 6.45) is 2.98. The van der Waals surface area contributed by atoms with E-state index in [9.17, 15) is 14.4 Å². The largest absolute Gasteiger partial charge is 0.383 e. The maximum absolute atomic E-state index is 12.5. The molecule has 27 heavy (non-hydrogen) atoms. The van der Waals surface area contributed by atoms with Crippen LogP contribution in [0.5, 0.6) is 0 Å². The van der Waals surface area contributed by atoms with Crippen LogP contribution in [0.15, 0.2) is 33.9 Å². The highest BCUT2D eigenvalue weighted by Gasteiger charge is 2.17. The number of amides is 1. The molecule has 0 saturated carbocycles. The van der Waals surface area contributed by atoms with Crippen LogP contribution in [0.2, 0.25) is 0 Å². The normalized spacial score (nSPS) is 13.1. The molecule has 2 aromatic rings. The second-order valence-electron chi connectivity index (χ2n) is 6.18. The van der Waals surface area contributed by atoms with Gasteiger partial charge in [-0.1, -0.05) is 12.1 Å². The number of anilines is 2. The highest BCUT2D eigenvalue weighted by molar-refractivity contribution is 6.03. The van der Waals surface area contributed by atoms with Gasteiger partial charge >= 0.3 is 5.69 Å². The number of rotatable bonds is 5. The molecule has 3 N–H and O–H groups in total. The summed E-state index contributed by atoms with van der Waals surface area (Å²) in [7, 11) is 0. The van der Waals surface area contributed by atoms with Crippen molar-refractivity contribution in [1.29, 1.82) is 0 Å². The highest BCUT2D eigenvalue weighted by Crippen LogP contribution is 2.21. The smallest absolute Gasteiger partial charge is 0.332 e. The van der Waals surface area contributed by atoms with Gasteiger partial charge in [0.05, 0.1) is 13.2 Å². The minimum atomic E-state index is -0.610. The summed E-state index contributed by atoms with van der Waals surface area (Å²) in [5.74, 6) is -0.548. The van der Waals surface area contributed by atoms with Gasteiger partial charge < -0.3 is 15.8 Å². The molecule has 1 aromatic carbocycles. The van der Waals surface area contributed by atoms with E-state index in [1.54, 1.807) is 19.9 Å². The maximum Gasteiger partial charge on any atom is 0.332 e. The number of carbonyl (C=O) groups excluding carboxylic acids is 1. The van der Waals surface area contributed by atoms with Gasteiger partial charge in [-0.3, -0.25) is 18.7 Å². The average molecular weight is 370 g/mol. The quantitative estimate of drug-likeness (QED) is 0.772. The third-order valence-corrected chi connectivity index (χ3v) is 4.52. The second kappa shape index (κ2) is 7.63. The van der Waals surface area contributed by atoms with E-state index < -0.39 is 17.2 Å². The molecular weight excluding hydrogens is 348 g/mol.